The van der Waals surface area contributed by atoms with Gasteiger partial charge in [-0.25, -0.2) is 4.98 Å². The predicted molar refractivity (Wildman–Crippen MR) is 83.4 cm³/mol. The van der Waals surface area contributed by atoms with Crippen LogP contribution < -0.4 is 10.1 Å². The summed E-state index contributed by atoms with van der Waals surface area (Å²) in [5.41, 5.74) is 1.17. The van der Waals surface area contributed by atoms with Gasteiger partial charge in [0.05, 0.1) is 6.61 Å². The van der Waals surface area contributed by atoms with E-state index in [2.05, 4.69) is 43.8 Å². The molecule has 20 heavy (non-hydrogen) atoms. The number of imidazole rings is 1. The lowest BCUT2D eigenvalue weighted by Crippen LogP contribution is -2.19. The van der Waals surface area contributed by atoms with Crippen molar-refractivity contribution in [3.8, 4) is 5.75 Å². The van der Waals surface area contributed by atoms with Gasteiger partial charge in [0, 0.05) is 19.5 Å². The monoisotopic (exact) mass is 335 g/mol. The lowest BCUT2D eigenvalue weighted by molar-refractivity contribution is 0.314. The van der Waals surface area contributed by atoms with Crippen molar-refractivity contribution in [1.82, 2.24) is 9.55 Å². The summed E-state index contributed by atoms with van der Waals surface area (Å²) in [6, 6.07) is 8.09. The summed E-state index contributed by atoms with van der Waals surface area (Å²) >= 11 is 3.52. The fourth-order valence-electron chi connectivity index (χ4n) is 2.48. The standard InChI is InChI=1S/C15H18BrN3O/c1-11-5-2-3-6-12(11)20-10-7-13-18-14(16)15-17-8-4-9-19(13)15/h2-3,5-6,17H,4,7-10H2,1H3. The van der Waals surface area contributed by atoms with Gasteiger partial charge in [-0.2, -0.15) is 0 Å². The first kappa shape index (κ1) is 13.5. The van der Waals surface area contributed by atoms with Crippen LogP contribution in [0.3, 0.4) is 0 Å². The van der Waals surface area contributed by atoms with Crippen LogP contribution >= 0.6 is 15.9 Å². The van der Waals surface area contributed by atoms with Crippen LogP contribution in [0.2, 0.25) is 0 Å². The van der Waals surface area contributed by atoms with Crippen molar-refractivity contribution in [2.75, 3.05) is 18.5 Å². The van der Waals surface area contributed by atoms with Crippen molar-refractivity contribution in [3.05, 3.63) is 40.3 Å². The number of para-hydroxylation sites is 1. The molecule has 1 N–H and O–H groups in total. The highest BCUT2D eigenvalue weighted by Crippen LogP contribution is 2.27. The molecule has 1 aliphatic rings. The second-order valence-electron chi connectivity index (χ2n) is 4.96. The minimum atomic E-state index is 0.647. The summed E-state index contributed by atoms with van der Waals surface area (Å²) in [6.07, 6.45) is 1.95. The number of halogens is 1. The number of benzene rings is 1. The van der Waals surface area contributed by atoms with E-state index in [9.17, 15) is 0 Å². The molecule has 0 radical (unpaired) electrons. The minimum absolute atomic E-state index is 0.647. The van der Waals surface area contributed by atoms with E-state index in [0.717, 1.165) is 47.9 Å². The predicted octanol–water partition coefficient (Wildman–Crippen LogP) is 3.39. The number of nitrogens with one attached hydrogen (secondary N) is 1. The number of hydrogen-bond donors (Lipinski definition) is 1. The number of ether oxygens (including phenoxy) is 1. The molecule has 3 rings (SSSR count). The number of aryl methyl sites for hydroxylation is 1. The van der Waals surface area contributed by atoms with E-state index in [1.165, 1.54) is 5.56 Å². The van der Waals surface area contributed by atoms with Gasteiger partial charge in [0.15, 0.2) is 0 Å². The summed E-state index contributed by atoms with van der Waals surface area (Å²) in [4.78, 5) is 4.58. The van der Waals surface area contributed by atoms with E-state index in [1.54, 1.807) is 0 Å². The van der Waals surface area contributed by atoms with Crippen molar-refractivity contribution < 1.29 is 4.74 Å². The van der Waals surface area contributed by atoms with Crippen LogP contribution in [0.5, 0.6) is 5.75 Å². The Kier molecular flexibility index (Phi) is 3.96. The molecule has 0 amide bonds. The molecule has 2 aromatic rings. The average molecular weight is 336 g/mol. The van der Waals surface area contributed by atoms with Crippen LogP contribution in [0.25, 0.3) is 0 Å². The molecule has 0 fully saturated rings. The Balaban J connectivity index is 1.66. The van der Waals surface area contributed by atoms with Gasteiger partial charge in [-0.15, -0.1) is 0 Å². The van der Waals surface area contributed by atoms with Crippen molar-refractivity contribution in [2.45, 2.75) is 26.3 Å². The SMILES string of the molecule is Cc1ccccc1OCCc1nc(Br)c2n1CCCN2. The zero-order chi connectivity index (χ0) is 13.9. The quantitative estimate of drug-likeness (QED) is 0.930. The zero-order valence-corrected chi connectivity index (χ0v) is 13.1. The molecular formula is C15H18BrN3O. The highest BCUT2D eigenvalue weighted by molar-refractivity contribution is 9.10. The number of nitrogens with zero attached hydrogens (tertiary/aromatic N) is 2. The van der Waals surface area contributed by atoms with Gasteiger partial charge in [-0.05, 0) is 40.9 Å². The summed E-state index contributed by atoms with van der Waals surface area (Å²) in [7, 11) is 0. The highest BCUT2D eigenvalue weighted by atomic mass is 79.9. The summed E-state index contributed by atoms with van der Waals surface area (Å²) < 4.78 is 9.00. The summed E-state index contributed by atoms with van der Waals surface area (Å²) in [5, 5.41) is 3.38. The molecule has 5 heteroatoms. The molecule has 0 aliphatic carbocycles. The Morgan fingerprint density at radius 3 is 3.10 bits per heavy atom. The van der Waals surface area contributed by atoms with Crippen LogP contribution in [0, 0.1) is 6.92 Å². The summed E-state index contributed by atoms with van der Waals surface area (Å²) in [6.45, 7) is 4.76. The molecule has 1 aromatic heterocycles. The maximum atomic E-state index is 5.85. The Morgan fingerprint density at radius 2 is 2.25 bits per heavy atom. The number of fused-ring (bicyclic) bond motifs is 1. The molecule has 0 saturated carbocycles. The number of rotatable bonds is 4. The van der Waals surface area contributed by atoms with E-state index in [0.29, 0.717) is 6.61 Å². The Hall–Kier alpha value is -1.49. The van der Waals surface area contributed by atoms with E-state index >= 15 is 0 Å². The molecule has 0 bridgehead atoms. The Bertz CT molecular complexity index is 609. The van der Waals surface area contributed by atoms with Crippen LogP contribution in [0.15, 0.2) is 28.9 Å². The summed E-state index contributed by atoms with van der Waals surface area (Å²) in [5.74, 6) is 3.13. The Labute approximate surface area is 127 Å². The van der Waals surface area contributed by atoms with Gasteiger partial charge >= 0.3 is 0 Å². The Morgan fingerprint density at radius 1 is 1.40 bits per heavy atom. The van der Waals surface area contributed by atoms with Crippen molar-refractivity contribution >= 4 is 21.7 Å². The van der Waals surface area contributed by atoms with Crippen molar-refractivity contribution in [2.24, 2.45) is 0 Å². The highest BCUT2D eigenvalue weighted by Gasteiger charge is 2.17. The fraction of sp³-hybridized carbons (Fsp3) is 0.400. The molecule has 0 atom stereocenters. The fourth-order valence-corrected chi connectivity index (χ4v) is 3.04. The molecule has 0 unspecified atom stereocenters. The van der Waals surface area contributed by atoms with E-state index in [4.69, 9.17) is 4.74 Å². The minimum Gasteiger partial charge on any atom is -0.493 e. The second-order valence-corrected chi connectivity index (χ2v) is 5.71. The van der Waals surface area contributed by atoms with Crippen LogP contribution in [-0.2, 0) is 13.0 Å². The van der Waals surface area contributed by atoms with Crippen LogP contribution in [0.4, 0.5) is 5.82 Å². The van der Waals surface area contributed by atoms with Gasteiger partial charge in [0.25, 0.3) is 0 Å². The number of aromatic nitrogens is 2. The smallest absolute Gasteiger partial charge is 0.148 e. The van der Waals surface area contributed by atoms with E-state index < -0.39 is 0 Å². The molecule has 0 saturated heterocycles. The van der Waals surface area contributed by atoms with Crippen LogP contribution in [-0.4, -0.2) is 22.7 Å². The van der Waals surface area contributed by atoms with Gasteiger partial charge in [0.2, 0.25) is 0 Å². The normalized spacial score (nSPS) is 13.7. The molecule has 1 aromatic carbocycles. The third-order valence-electron chi connectivity index (χ3n) is 3.53. The van der Waals surface area contributed by atoms with E-state index in [1.807, 2.05) is 18.2 Å². The first-order chi connectivity index (χ1) is 9.75. The first-order valence-corrected chi connectivity index (χ1v) is 7.72. The molecule has 4 nitrogen and oxygen atoms in total. The van der Waals surface area contributed by atoms with Crippen LogP contribution in [0.1, 0.15) is 17.8 Å². The number of hydrogen-bond acceptors (Lipinski definition) is 3. The van der Waals surface area contributed by atoms with Crippen molar-refractivity contribution in [1.29, 1.82) is 0 Å². The van der Waals surface area contributed by atoms with Gasteiger partial charge in [-0.1, -0.05) is 18.2 Å². The topological polar surface area (TPSA) is 39.1 Å². The van der Waals surface area contributed by atoms with Crippen molar-refractivity contribution in [3.63, 3.8) is 0 Å². The molecule has 2 heterocycles. The average Bonchev–Trinajstić information content (AvgIpc) is 2.78. The molecule has 1 aliphatic heterocycles. The zero-order valence-electron chi connectivity index (χ0n) is 11.5. The largest absolute Gasteiger partial charge is 0.493 e. The maximum Gasteiger partial charge on any atom is 0.148 e. The van der Waals surface area contributed by atoms with Gasteiger partial charge in [0.1, 0.15) is 22.0 Å². The molecule has 106 valence electrons. The first-order valence-electron chi connectivity index (χ1n) is 6.93. The third kappa shape index (κ3) is 2.68. The third-order valence-corrected chi connectivity index (χ3v) is 4.08. The second kappa shape index (κ2) is 5.87. The van der Waals surface area contributed by atoms with Gasteiger partial charge in [-0.3, -0.25) is 0 Å². The van der Waals surface area contributed by atoms with E-state index in [-0.39, 0.29) is 0 Å². The molecular weight excluding hydrogens is 318 g/mol. The maximum absolute atomic E-state index is 5.85. The van der Waals surface area contributed by atoms with Gasteiger partial charge < -0.3 is 14.6 Å². The molecule has 0 spiro atoms. The number of anilines is 1. The lowest BCUT2D eigenvalue weighted by atomic mass is 10.2. The lowest BCUT2D eigenvalue weighted by Gasteiger charge is -2.18.